The molecule has 0 aliphatic rings. The van der Waals surface area contributed by atoms with E-state index < -0.39 is 12.0 Å². The maximum absolute atomic E-state index is 13.2. The molecule has 158 valence electrons. The quantitative estimate of drug-likeness (QED) is 0.301. The Kier molecular flexibility index (Phi) is 6.19. The van der Waals surface area contributed by atoms with Crippen LogP contribution in [0.15, 0.2) is 65.0 Å². The molecular weight excluding hydrogens is 445 g/mol. The second kappa shape index (κ2) is 9.03. The number of thioether (sulfide) groups is 1. The van der Waals surface area contributed by atoms with E-state index in [1.165, 1.54) is 17.4 Å². The van der Waals surface area contributed by atoms with Crippen LogP contribution in [0.5, 0.6) is 0 Å². The Hall–Kier alpha value is -2.98. The van der Waals surface area contributed by atoms with E-state index in [9.17, 15) is 18.0 Å². The van der Waals surface area contributed by atoms with Crippen molar-refractivity contribution in [1.82, 2.24) is 15.0 Å². The summed E-state index contributed by atoms with van der Waals surface area (Å²) in [4.78, 5) is 24.0. The van der Waals surface area contributed by atoms with Crippen molar-refractivity contribution >= 4 is 45.6 Å². The predicted octanol–water partition coefficient (Wildman–Crippen LogP) is 5.58. The van der Waals surface area contributed by atoms with E-state index in [1.54, 1.807) is 35.7 Å². The third kappa shape index (κ3) is 5.39. The number of thiazole rings is 1. The number of amides is 1. The lowest BCUT2D eigenvalue weighted by molar-refractivity contribution is -0.145. The van der Waals surface area contributed by atoms with Crippen LogP contribution in [0.1, 0.15) is 16.5 Å². The number of halogens is 3. The molecule has 2 heterocycles. The number of anilines is 1. The van der Waals surface area contributed by atoms with Crippen molar-refractivity contribution in [2.24, 2.45) is 0 Å². The Labute approximate surface area is 183 Å². The normalized spacial score (nSPS) is 11.6. The summed E-state index contributed by atoms with van der Waals surface area (Å²) in [6.45, 7) is 0. The van der Waals surface area contributed by atoms with Crippen LogP contribution in [0, 0.1) is 0 Å². The fourth-order valence-corrected chi connectivity index (χ4v) is 4.60. The number of hydrogen-bond acceptors (Lipinski definition) is 6. The van der Waals surface area contributed by atoms with Gasteiger partial charge in [-0.3, -0.25) is 4.79 Å². The number of carbonyl (C=O) groups is 1. The molecule has 2 aromatic heterocycles. The highest BCUT2D eigenvalue weighted by atomic mass is 32.2. The summed E-state index contributed by atoms with van der Waals surface area (Å²) in [7, 11) is 0. The average Bonchev–Trinajstić information content (AvgIpc) is 3.19. The monoisotopic (exact) mass is 460 g/mol. The number of benzene rings is 2. The van der Waals surface area contributed by atoms with Crippen molar-refractivity contribution in [2.45, 2.75) is 23.4 Å². The lowest BCUT2D eigenvalue weighted by atomic mass is 10.2. The van der Waals surface area contributed by atoms with E-state index >= 15 is 0 Å². The first-order valence-electron chi connectivity index (χ1n) is 9.13. The lowest BCUT2D eigenvalue weighted by Gasteiger charge is -2.09. The van der Waals surface area contributed by atoms with Gasteiger partial charge in [0.2, 0.25) is 11.7 Å². The van der Waals surface area contributed by atoms with Crippen LogP contribution in [0.4, 0.5) is 18.9 Å². The number of alkyl halides is 3. The van der Waals surface area contributed by atoms with E-state index in [0.717, 1.165) is 11.8 Å². The molecule has 1 amide bonds. The van der Waals surface area contributed by atoms with Crippen LogP contribution < -0.4 is 5.32 Å². The van der Waals surface area contributed by atoms with Crippen LogP contribution in [-0.4, -0.2) is 20.9 Å². The van der Waals surface area contributed by atoms with Crippen LogP contribution in [0.2, 0.25) is 0 Å². The molecule has 0 bridgehead atoms. The van der Waals surface area contributed by atoms with Gasteiger partial charge >= 0.3 is 6.18 Å². The Morgan fingerprint density at radius 2 is 1.74 bits per heavy atom. The molecule has 1 N–H and O–H groups in total. The second-order valence-electron chi connectivity index (χ2n) is 6.48. The first-order chi connectivity index (χ1) is 14.9. The SMILES string of the molecule is O=C(Cc1nc(CSc2nc(C(F)(F)F)nc3ccccc23)cs1)Nc1ccccc1. The first kappa shape index (κ1) is 21.3. The zero-order valence-corrected chi connectivity index (χ0v) is 17.5. The van der Waals surface area contributed by atoms with E-state index in [4.69, 9.17) is 0 Å². The largest absolute Gasteiger partial charge is 0.451 e. The minimum absolute atomic E-state index is 0.124. The maximum atomic E-state index is 13.2. The zero-order chi connectivity index (χ0) is 21.8. The molecule has 2 aromatic carbocycles. The highest BCUT2D eigenvalue weighted by Crippen LogP contribution is 2.33. The summed E-state index contributed by atoms with van der Waals surface area (Å²) >= 11 is 2.50. The number of carbonyl (C=O) groups excluding carboxylic acids is 1. The van der Waals surface area contributed by atoms with Crippen molar-refractivity contribution in [2.75, 3.05) is 5.32 Å². The second-order valence-corrected chi connectivity index (χ2v) is 8.39. The summed E-state index contributed by atoms with van der Waals surface area (Å²) in [5, 5.41) is 6.03. The Morgan fingerprint density at radius 1 is 1.00 bits per heavy atom. The summed E-state index contributed by atoms with van der Waals surface area (Å²) in [5.41, 5.74) is 1.62. The highest BCUT2D eigenvalue weighted by Gasteiger charge is 2.35. The molecule has 0 saturated carbocycles. The van der Waals surface area contributed by atoms with Gasteiger partial charge in [-0.25, -0.2) is 15.0 Å². The molecule has 0 radical (unpaired) electrons. The third-order valence-corrected chi connectivity index (χ3v) is 6.07. The molecule has 4 rings (SSSR count). The van der Waals surface area contributed by atoms with Crippen LogP contribution in [0.25, 0.3) is 10.9 Å². The molecule has 31 heavy (non-hydrogen) atoms. The smallest absolute Gasteiger partial charge is 0.326 e. The molecule has 0 spiro atoms. The van der Waals surface area contributed by atoms with E-state index in [-0.39, 0.29) is 22.9 Å². The fourth-order valence-electron chi connectivity index (χ4n) is 2.79. The zero-order valence-electron chi connectivity index (χ0n) is 15.9. The molecule has 0 aliphatic carbocycles. The van der Waals surface area contributed by atoms with Crippen LogP contribution in [0.3, 0.4) is 0 Å². The number of aromatic nitrogens is 3. The Balaban J connectivity index is 1.45. The highest BCUT2D eigenvalue weighted by molar-refractivity contribution is 7.98. The molecule has 0 fully saturated rings. The Morgan fingerprint density at radius 3 is 2.52 bits per heavy atom. The molecular formula is C21H15F3N4OS2. The van der Waals surface area contributed by atoms with Gasteiger partial charge in [0.05, 0.1) is 17.6 Å². The van der Waals surface area contributed by atoms with Gasteiger partial charge in [-0.2, -0.15) is 13.2 Å². The topological polar surface area (TPSA) is 67.8 Å². The predicted molar refractivity (Wildman–Crippen MR) is 115 cm³/mol. The maximum Gasteiger partial charge on any atom is 0.451 e. The van der Waals surface area contributed by atoms with Crippen molar-refractivity contribution in [1.29, 1.82) is 0 Å². The number of rotatable bonds is 6. The molecule has 0 unspecified atom stereocenters. The molecule has 0 saturated heterocycles. The third-order valence-electron chi connectivity index (χ3n) is 4.15. The fraction of sp³-hybridized carbons (Fsp3) is 0.143. The Bertz CT molecular complexity index is 1210. The summed E-state index contributed by atoms with van der Waals surface area (Å²) in [6.07, 6.45) is -4.50. The molecule has 0 aliphatic heterocycles. The lowest BCUT2D eigenvalue weighted by Crippen LogP contribution is -2.14. The van der Waals surface area contributed by atoms with Gasteiger partial charge in [0, 0.05) is 22.2 Å². The van der Waals surface area contributed by atoms with Gasteiger partial charge in [0.25, 0.3) is 0 Å². The van der Waals surface area contributed by atoms with Crippen molar-refractivity contribution in [3.05, 3.63) is 76.5 Å². The molecule has 5 nitrogen and oxygen atoms in total. The summed E-state index contributed by atoms with van der Waals surface area (Å²) in [6, 6.07) is 15.7. The van der Waals surface area contributed by atoms with Crippen molar-refractivity contribution < 1.29 is 18.0 Å². The number of nitrogens with one attached hydrogen (secondary N) is 1. The van der Waals surface area contributed by atoms with Gasteiger partial charge in [-0.1, -0.05) is 48.2 Å². The van der Waals surface area contributed by atoms with E-state index in [0.29, 0.717) is 27.5 Å². The minimum Gasteiger partial charge on any atom is -0.326 e. The number of hydrogen-bond donors (Lipinski definition) is 1. The van der Waals surface area contributed by atoms with Gasteiger partial charge < -0.3 is 5.32 Å². The van der Waals surface area contributed by atoms with Crippen molar-refractivity contribution in [3.8, 4) is 0 Å². The number of fused-ring (bicyclic) bond motifs is 1. The van der Waals surface area contributed by atoms with Crippen LogP contribution >= 0.6 is 23.1 Å². The number of nitrogens with zero attached hydrogens (tertiary/aromatic N) is 3. The molecule has 4 aromatic rings. The summed E-state index contributed by atoms with van der Waals surface area (Å²) < 4.78 is 39.5. The van der Waals surface area contributed by atoms with Gasteiger partial charge in [0.15, 0.2) is 0 Å². The number of para-hydroxylation sites is 2. The van der Waals surface area contributed by atoms with Crippen molar-refractivity contribution in [3.63, 3.8) is 0 Å². The van der Waals surface area contributed by atoms with Crippen LogP contribution in [-0.2, 0) is 23.1 Å². The van der Waals surface area contributed by atoms with Gasteiger partial charge in [-0.15, -0.1) is 11.3 Å². The molecule has 0 atom stereocenters. The minimum atomic E-state index is -4.63. The standard InChI is InChI=1S/C21H15F3N4OS2/c22-21(23,24)20-27-16-9-5-4-8-15(16)19(28-20)31-12-14-11-30-18(26-14)10-17(29)25-13-6-2-1-3-7-13/h1-9,11H,10,12H2,(H,25,29). The molecule has 10 heteroatoms. The van der Waals surface area contributed by atoms with E-state index in [2.05, 4.69) is 20.3 Å². The van der Waals surface area contributed by atoms with Gasteiger partial charge in [0.1, 0.15) is 10.0 Å². The summed E-state index contributed by atoms with van der Waals surface area (Å²) in [5.74, 6) is -1.02. The average molecular weight is 461 g/mol. The van der Waals surface area contributed by atoms with E-state index in [1.807, 2.05) is 18.2 Å². The first-order valence-corrected chi connectivity index (χ1v) is 11.0. The van der Waals surface area contributed by atoms with Gasteiger partial charge in [-0.05, 0) is 18.2 Å².